The molecule has 3 N–H and O–H groups in total. The minimum atomic E-state index is -0.553. The van der Waals surface area contributed by atoms with Gasteiger partial charge in [-0.25, -0.2) is 0 Å². The van der Waals surface area contributed by atoms with Crippen molar-refractivity contribution >= 4 is 28.9 Å². The molecule has 7 heteroatoms. The lowest BCUT2D eigenvalue weighted by molar-refractivity contribution is -0.383. The molecule has 1 aromatic carbocycles. The summed E-state index contributed by atoms with van der Waals surface area (Å²) in [5.74, 6) is 0.0827. The largest absolute Gasteiger partial charge is 0.330 e. The van der Waals surface area contributed by atoms with Crippen molar-refractivity contribution in [1.29, 1.82) is 0 Å². The van der Waals surface area contributed by atoms with E-state index >= 15 is 0 Å². The third-order valence-corrected chi connectivity index (χ3v) is 3.19. The Morgan fingerprint density at radius 1 is 1.50 bits per heavy atom. The second-order valence-electron chi connectivity index (χ2n) is 4.69. The fraction of sp³-hybridized carbons (Fsp3) is 0.462. The Bertz CT molecular complexity index is 494. The number of hydrogen-bond donors (Lipinski definition) is 2. The Balaban J connectivity index is 2.66. The predicted octanol–water partition coefficient (Wildman–Crippen LogP) is 2.95. The van der Waals surface area contributed by atoms with Gasteiger partial charge in [0.2, 0.25) is 5.91 Å². The lowest BCUT2D eigenvalue weighted by atomic mass is 10.0. The Labute approximate surface area is 122 Å². The Hall–Kier alpha value is -1.66. The summed E-state index contributed by atoms with van der Waals surface area (Å²) in [6.45, 7) is 2.60. The number of halogens is 1. The normalized spacial score (nSPS) is 11.9. The molecule has 0 heterocycles. The third-order valence-electron chi connectivity index (χ3n) is 2.95. The van der Waals surface area contributed by atoms with Crippen LogP contribution >= 0.6 is 11.6 Å². The average molecular weight is 300 g/mol. The number of rotatable bonds is 7. The van der Waals surface area contributed by atoms with Crippen molar-refractivity contribution in [2.75, 3.05) is 11.9 Å². The van der Waals surface area contributed by atoms with Gasteiger partial charge in [-0.05, 0) is 37.4 Å². The second kappa shape index (κ2) is 7.81. The van der Waals surface area contributed by atoms with Crippen LogP contribution in [0.25, 0.3) is 0 Å². The molecule has 1 unspecified atom stereocenters. The lowest BCUT2D eigenvalue weighted by Gasteiger charge is -2.10. The van der Waals surface area contributed by atoms with Crippen molar-refractivity contribution in [3.8, 4) is 0 Å². The summed E-state index contributed by atoms with van der Waals surface area (Å²) in [6, 6.07) is 4.06. The molecule has 0 radical (unpaired) electrons. The fourth-order valence-electron chi connectivity index (χ4n) is 1.79. The Kier molecular flexibility index (Phi) is 6.41. The van der Waals surface area contributed by atoms with E-state index in [1.54, 1.807) is 0 Å². The van der Waals surface area contributed by atoms with E-state index in [0.29, 0.717) is 30.3 Å². The molecule has 1 amide bonds. The maximum absolute atomic E-state index is 11.8. The van der Waals surface area contributed by atoms with Crippen molar-refractivity contribution in [2.24, 2.45) is 11.7 Å². The first kappa shape index (κ1) is 16.4. The van der Waals surface area contributed by atoms with Gasteiger partial charge >= 0.3 is 0 Å². The van der Waals surface area contributed by atoms with Crippen LogP contribution in [-0.2, 0) is 4.79 Å². The molecule has 0 aromatic heterocycles. The number of nitro benzene ring substituents is 1. The molecule has 1 aromatic rings. The summed E-state index contributed by atoms with van der Waals surface area (Å²) < 4.78 is 0. The molecule has 6 nitrogen and oxygen atoms in total. The van der Waals surface area contributed by atoms with Crippen molar-refractivity contribution in [2.45, 2.75) is 26.2 Å². The van der Waals surface area contributed by atoms with Gasteiger partial charge in [0.05, 0.1) is 4.92 Å². The van der Waals surface area contributed by atoms with E-state index in [-0.39, 0.29) is 17.3 Å². The van der Waals surface area contributed by atoms with Crippen LogP contribution in [0.5, 0.6) is 0 Å². The molecule has 0 bridgehead atoms. The number of carbonyl (C=O) groups excluding carboxylic acids is 1. The van der Waals surface area contributed by atoms with Crippen LogP contribution in [0.4, 0.5) is 11.4 Å². The quantitative estimate of drug-likeness (QED) is 0.597. The maximum Gasteiger partial charge on any atom is 0.292 e. The molecule has 0 aliphatic heterocycles. The minimum Gasteiger partial charge on any atom is -0.330 e. The summed E-state index contributed by atoms with van der Waals surface area (Å²) >= 11 is 5.79. The highest BCUT2D eigenvalue weighted by Gasteiger charge is 2.16. The summed E-state index contributed by atoms with van der Waals surface area (Å²) in [6.07, 6.45) is 1.84. The number of carbonyl (C=O) groups is 1. The highest BCUT2D eigenvalue weighted by atomic mass is 35.5. The number of anilines is 1. The van der Waals surface area contributed by atoms with E-state index in [1.165, 1.54) is 18.2 Å². The predicted molar refractivity (Wildman–Crippen MR) is 78.8 cm³/mol. The van der Waals surface area contributed by atoms with Crippen LogP contribution in [0.15, 0.2) is 18.2 Å². The molecule has 0 aliphatic rings. The van der Waals surface area contributed by atoms with Crippen LogP contribution in [0.3, 0.4) is 0 Å². The number of benzene rings is 1. The van der Waals surface area contributed by atoms with Gasteiger partial charge in [0, 0.05) is 17.5 Å². The van der Waals surface area contributed by atoms with Crippen molar-refractivity contribution in [3.63, 3.8) is 0 Å². The van der Waals surface area contributed by atoms with E-state index in [0.717, 1.165) is 6.42 Å². The number of nitrogens with zero attached hydrogens (tertiary/aromatic N) is 1. The van der Waals surface area contributed by atoms with E-state index < -0.39 is 4.92 Å². The van der Waals surface area contributed by atoms with Gasteiger partial charge < -0.3 is 11.1 Å². The molecule has 0 fully saturated rings. The fourth-order valence-corrected chi connectivity index (χ4v) is 1.96. The van der Waals surface area contributed by atoms with Gasteiger partial charge in [-0.1, -0.05) is 18.5 Å². The Morgan fingerprint density at radius 2 is 2.20 bits per heavy atom. The third kappa shape index (κ3) is 5.14. The first-order chi connectivity index (χ1) is 9.43. The van der Waals surface area contributed by atoms with Crippen LogP contribution < -0.4 is 11.1 Å². The highest BCUT2D eigenvalue weighted by Crippen LogP contribution is 2.27. The SMILES string of the molecule is CC(CCN)CCC(=O)Nc1cc(Cl)ccc1[N+](=O)[O-]. The molecule has 1 rings (SSSR count). The molecular formula is C13H18ClN3O3. The standard InChI is InChI=1S/C13H18ClN3O3/c1-9(6-7-15)2-5-13(18)16-11-8-10(14)3-4-12(11)17(19)20/h3-4,8-9H,2,5-7,15H2,1H3,(H,16,18). The summed E-state index contributed by atoms with van der Waals surface area (Å²) in [5.41, 5.74) is 5.39. The van der Waals surface area contributed by atoms with Gasteiger partial charge in [-0.3, -0.25) is 14.9 Å². The van der Waals surface area contributed by atoms with Gasteiger partial charge in [-0.15, -0.1) is 0 Å². The monoisotopic (exact) mass is 299 g/mol. The molecule has 20 heavy (non-hydrogen) atoms. The van der Waals surface area contributed by atoms with Crippen molar-refractivity contribution in [1.82, 2.24) is 0 Å². The number of amides is 1. The molecular weight excluding hydrogens is 282 g/mol. The number of nitrogens with one attached hydrogen (secondary N) is 1. The molecule has 0 aliphatic carbocycles. The lowest BCUT2D eigenvalue weighted by Crippen LogP contribution is -2.15. The number of nitrogens with two attached hydrogens (primary N) is 1. The molecule has 0 saturated heterocycles. The maximum atomic E-state index is 11.8. The van der Waals surface area contributed by atoms with E-state index in [2.05, 4.69) is 5.32 Å². The van der Waals surface area contributed by atoms with E-state index in [4.69, 9.17) is 17.3 Å². The minimum absolute atomic E-state index is 0.124. The number of hydrogen-bond acceptors (Lipinski definition) is 4. The average Bonchev–Trinajstić information content (AvgIpc) is 2.36. The van der Waals surface area contributed by atoms with E-state index in [1.807, 2.05) is 6.92 Å². The number of nitro groups is 1. The zero-order valence-corrected chi connectivity index (χ0v) is 12.0. The van der Waals surface area contributed by atoms with Crippen molar-refractivity contribution < 1.29 is 9.72 Å². The topological polar surface area (TPSA) is 98.3 Å². The van der Waals surface area contributed by atoms with Crippen molar-refractivity contribution in [3.05, 3.63) is 33.3 Å². The van der Waals surface area contributed by atoms with E-state index in [9.17, 15) is 14.9 Å². The highest BCUT2D eigenvalue weighted by molar-refractivity contribution is 6.31. The van der Waals surface area contributed by atoms with Crippen LogP contribution in [0.2, 0.25) is 5.02 Å². The summed E-state index contributed by atoms with van der Waals surface area (Å²) in [4.78, 5) is 22.1. The van der Waals surface area contributed by atoms with Gasteiger partial charge in [0.25, 0.3) is 5.69 Å². The molecule has 110 valence electrons. The van der Waals surface area contributed by atoms with Gasteiger partial charge in [-0.2, -0.15) is 0 Å². The Morgan fingerprint density at radius 3 is 2.80 bits per heavy atom. The van der Waals surface area contributed by atoms with Gasteiger partial charge in [0.15, 0.2) is 0 Å². The molecule has 0 saturated carbocycles. The second-order valence-corrected chi connectivity index (χ2v) is 5.12. The molecule has 1 atom stereocenters. The summed E-state index contributed by atoms with van der Waals surface area (Å²) in [5, 5.41) is 13.7. The first-order valence-corrected chi connectivity index (χ1v) is 6.75. The van der Waals surface area contributed by atoms with Crippen LogP contribution in [0.1, 0.15) is 26.2 Å². The summed E-state index contributed by atoms with van der Waals surface area (Å²) in [7, 11) is 0. The first-order valence-electron chi connectivity index (χ1n) is 6.38. The zero-order valence-electron chi connectivity index (χ0n) is 11.3. The smallest absolute Gasteiger partial charge is 0.292 e. The van der Waals surface area contributed by atoms with Crippen LogP contribution in [-0.4, -0.2) is 17.4 Å². The van der Waals surface area contributed by atoms with Crippen LogP contribution in [0, 0.1) is 16.0 Å². The zero-order chi connectivity index (χ0) is 15.1. The van der Waals surface area contributed by atoms with Gasteiger partial charge in [0.1, 0.15) is 5.69 Å². The molecule has 0 spiro atoms.